The van der Waals surface area contributed by atoms with Gasteiger partial charge in [0.15, 0.2) is 0 Å². The minimum Gasteiger partial charge on any atom is -0.373 e. The van der Waals surface area contributed by atoms with E-state index in [9.17, 15) is 9.18 Å². The van der Waals surface area contributed by atoms with Crippen molar-refractivity contribution in [3.8, 4) is 0 Å². The monoisotopic (exact) mass is 464 g/mol. The average Bonchev–Trinajstić information content (AvgIpc) is 3.37. The van der Waals surface area contributed by atoms with Crippen molar-refractivity contribution < 1.29 is 9.13 Å². The van der Waals surface area contributed by atoms with Gasteiger partial charge in [0.2, 0.25) is 0 Å². The van der Waals surface area contributed by atoms with Crippen molar-refractivity contribution in [3.05, 3.63) is 52.1 Å². The molecule has 2 aliphatic rings. The van der Waals surface area contributed by atoms with E-state index >= 15 is 0 Å². The quantitative estimate of drug-likeness (QED) is 0.478. The first-order valence-corrected chi connectivity index (χ1v) is 12.5. The third kappa shape index (κ3) is 8.29. The van der Waals surface area contributed by atoms with Crippen LogP contribution in [-0.4, -0.2) is 45.0 Å². The molecule has 0 aromatic carbocycles. The minimum atomic E-state index is -0.208. The standard InChI is InChI=1S/C21H31FN4O2.C3H8.C2H6/c1-5-7-18(17(4)22)14-28-19-9-11-24(15(2)12-19)13-16(3)26-21(27)25-10-6-8-20(25)23-26;1-3-2;1-2/h5,7,16,19H,2,6,8-14H2,1,3-4H3;3H2,1-2H3;1-2H3/b7-5-,18-17-;;. The van der Waals surface area contributed by atoms with Crippen molar-refractivity contribution >= 4 is 0 Å². The van der Waals surface area contributed by atoms with Gasteiger partial charge in [-0.25, -0.2) is 13.9 Å². The second-order valence-electron chi connectivity index (χ2n) is 8.45. The smallest absolute Gasteiger partial charge is 0.346 e. The summed E-state index contributed by atoms with van der Waals surface area (Å²) in [6, 6.07) is -0.0155. The van der Waals surface area contributed by atoms with Crippen LogP contribution in [0.1, 0.15) is 86.0 Å². The van der Waals surface area contributed by atoms with Gasteiger partial charge in [0, 0.05) is 43.7 Å². The Labute approximate surface area is 199 Å². The maximum absolute atomic E-state index is 13.5. The molecule has 0 amide bonds. The molecule has 1 fully saturated rings. The van der Waals surface area contributed by atoms with Crippen LogP contribution in [0.2, 0.25) is 0 Å². The number of nitrogens with zero attached hydrogens (tertiary/aromatic N) is 4. The molecule has 2 aliphatic heterocycles. The Morgan fingerprint density at radius 3 is 2.55 bits per heavy atom. The Balaban J connectivity index is 0.00000101. The fraction of sp³-hybridized carbons (Fsp3) is 0.692. The molecule has 3 heterocycles. The van der Waals surface area contributed by atoms with Gasteiger partial charge in [-0.1, -0.05) is 52.8 Å². The number of ether oxygens (including phenoxy) is 1. The first-order chi connectivity index (χ1) is 15.8. The first kappa shape index (κ1) is 28.9. The molecular weight excluding hydrogens is 419 g/mol. The van der Waals surface area contributed by atoms with Crippen molar-refractivity contribution in [2.75, 3.05) is 19.7 Å². The highest BCUT2D eigenvalue weighted by Crippen LogP contribution is 2.24. The molecule has 2 atom stereocenters. The molecule has 0 spiro atoms. The van der Waals surface area contributed by atoms with Gasteiger partial charge in [-0.05, 0) is 33.6 Å². The Kier molecular flexibility index (Phi) is 13.0. The molecule has 0 aliphatic carbocycles. The lowest BCUT2D eigenvalue weighted by Gasteiger charge is -2.36. The number of fused-ring (bicyclic) bond motifs is 1. The molecular formula is C26H45FN4O2. The number of aryl methyl sites for hydroxylation is 1. The lowest BCUT2D eigenvalue weighted by molar-refractivity contribution is 0.0340. The van der Waals surface area contributed by atoms with E-state index in [1.54, 1.807) is 15.3 Å². The zero-order valence-electron chi connectivity index (χ0n) is 21.9. The van der Waals surface area contributed by atoms with Crippen molar-refractivity contribution in [1.82, 2.24) is 19.2 Å². The van der Waals surface area contributed by atoms with E-state index in [2.05, 4.69) is 30.4 Å². The summed E-state index contributed by atoms with van der Waals surface area (Å²) in [5.74, 6) is 0.691. The zero-order chi connectivity index (χ0) is 25.0. The second-order valence-corrected chi connectivity index (χ2v) is 8.45. The van der Waals surface area contributed by atoms with Crippen LogP contribution in [0.4, 0.5) is 4.39 Å². The van der Waals surface area contributed by atoms with E-state index in [-0.39, 0.29) is 30.3 Å². The molecule has 0 radical (unpaired) electrons. The van der Waals surface area contributed by atoms with Gasteiger partial charge in [0.25, 0.3) is 0 Å². The molecule has 33 heavy (non-hydrogen) atoms. The molecule has 1 aromatic heterocycles. The van der Waals surface area contributed by atoms with Crippen LogP contribution in [0.25, 0.3) is 0 Å². The lowest BCUT2D eigenvalue weighted by Crippen LogP contribution is -2.40. The maximum atomic E-state index is 13.5. The van der Waals surface area contributed by atoms with Crippen LogP contribution < -0.4 is 5.69 Å². The Hall–Kier alpha value is -2.15. The molecule has 2 unspecified atom stereocenters. The summed E-state index contributed by atoms with van der Waals surface area (Å²) >= 11 is 0. The highest BCUT2D eigenvalue weighted by molar-refractivity contribution is 5.21. The number of aromatic nitrogens is 3. The summed E-state index contributed by atoms with van der Waals surface area (Å²) in [6.45, 7) is 20.4. The van der Waals surface area contributed by atoms with Crippen LogP contribution >= 0.6 is 0 Å². The van der Waals surface area contributed by atoms with Gasteiger partial charge in [-0.15, -0.1) is 0 Å². The maximum Gasteiger partial charge on any atom is 0.346 e. The van der Waals surface area contributed by atoms with Crippen LogP contribution in [0, 0.1) is 0 Å². The van der Waals surface area contributed by atoms with E-state index < -0.39 is 0 Å². The van der Waals surface area contributed by atoms with Gasteiger partial charge >= 0.3 is 5.69 Å². The van der Waals surface area contributed by atoms with Crippen molar-refractivity contribution in [1.29, 1.82) is 0 Å². The molecule has 1 saturated heterocycles. The molecule has 1 aromatic rings. The fourth-order valence-corrected chi connectivity index (χ4v) is 3.93. The third-order valence-corrected chi connectivity index (χ3v) is 5.56. The summed E-state index contributed by atoms with van der Waals surface area (Å²) < 4.78 is 22.8. The largest absolute Gasteiger partial charge is 0.373 e. The Bertz CT molecular complexity index is 849. The van der Waals surface area contributed by atoms with E-state index in [1.165, 1.54) is 13.3 Å². The first-order valence-electron chi connectivity index (χ1n) is 12.5. The van der Waals surface area contributed by atoms with Gasteiger partial charge < -0.3 is 9.64 Å². The SMILES string of the molecule is C=C1CC(OCC(/C=C\C)=C(/C)F)CCN1CC(C)n1nc2n(c1=O)CCC2.CC.CCC. The molecule has 6 nitrogen and oxygen atoms in total. The van der Waals surface area contributed by atoms with Crippen LogP contribution in [-0.2, 0) is 17.7 Å². The topological polar surface area (TPSA) is 52.3 Å². The molecule has 3 rings (SSSR count). The summed E-state index contributed by atoms with van der Waals surface area (Å²) in [7, 11) is 0. The molecule has 0 N–H and O–H groups in total. The summed E-state index contributed by atoms with van der Waals surface area (Å²) in [5, 5.41) is 4.52. The van der Waals surface area contributed by atoms with Gasteiger partial charge in [-0.3, -0.25) is 4.57 Å². The average molecular weight is 465 g/mol. The third-order valence-electron chi connectivity index (χ3n) is 5.56. The highest BCUT2D eigenvalue weighted by atomic mass is 19.1. The summed E-state index contributed by atoms with van der Waals surface area (Å²) in [5.41, 5.74) is 1.57. The predicted octanol–water partition coefficient (Wildman–Crippen LogP) is 5.81. The molecule has 188 valence electrons. The van der Waals surface area contributed by atoms with Crippen LogP contribution in [0.5, 0.6) is 0 Å². The van der Waals surface area contributed by atoms with Gasteiger partial charge in [0.05, 0.1) is 18.8 Å². The Morgan fingerprint density at radius 2 is 2.00 bits per heavy atom. The molecule has 7 heteroatoms. The normalized spacial score (nSPS) is 19.3. The van der Waals surface area contributed by atoms with Crippen molar-refractivity contribution in [2.24, 2.45) is 0 Å². The van der Waals surface area contributed by atoms with Crippen molar-refractivity contribution in [3.63, 3.8) is 0 Å². The number of likely N-dealkylation sites (tertiary alicyclic amines) is 1. The van der Waals surface area contributed by atoms with E-state index in [1.807, 2.05) is 33.8 Å². The number of allylic oxidation sites excluding steroid dienone is 2. The van der Waals surface area contributed by atoms with E-state index in [0.717, 1.165) is 50.3 Å². The predicted molar refractivity (Wildman–Crippen MR) is 135 cm³/mol. The lowest BCUT2D eigenvalue weighted by atomic mass is 10.0. The van der Waals surface area contributed by atoms with Crippen LogP contribution in [0.15, 0.2) is 40.6 Å². The number of hydrogen-bond donors (Lipinski definition) is 0. The highest BCUT2D eigenvalue weighted by Gasteiger charge is 2.26. The fourth-order valence-electron chi connectivity index (χ4n) is 3.93. The summed E-state index contributed by atoms with van der Waals surface area (Å²) in [4.78, 5) is 14.7. The number of hydrogen-bond acceptors (Lipinski definition) is 4. The molecule has 0 bridgehead atoms. The van der Waals surface area contributed by atoms with Crippen LogP contribution in [0.3, 0.4) is 0 Å². The van der Waals surface area contributed by atoms with E-state index in [0.29, 0.717) is 12.1 Å². The van der Waals surface area contributed by atoms with Gasteiger partial charge in [-0.2, -0.15) is 5.10 Å². The zero-order valence-corrected chi connectivity index (χ0v) is 21.9. The second kappa shape index (κ2) is 14.9. The van der Waals surface area contributed by atoms with Crippen molar-refractivity contribution in [2.45, 2.75) is 99.3 Å². The number of rotatable bonds is 7. The molecule has 0 saturated carbocycles. The number of halogens is 1. The Morgan fingerprint density at radius 1 is 1.33 bits per heavy atom. The number of piperidine rings is 1. The minimum absolute atomic E-state index is 0.00582. The summed E-state index contributed by atoms with van der Waals surface area (Å²) in [6.07, 6.45) is 8.32. The van der Waals surface area contributed by atoms with E-state index in [4.69, 9.17) is 4.74 Å². The van der Waals surface area contributed by atoms with Gasteiger partial charge in [0.1, 0.15) is 11.7 Å².